The molecule has 7 heteroatoms. The molecule has 1 aromatic heterocycles. The molecule has 0 bridgehead atoms. The Hall–Kier alpha value is -3.09. The number of aromatic amines is 1. The number of nitrogens with zero attached hydrogens (tertiary/aromatic N) is 1. The summed E-state index contributed by atoms with van der Waals surface area (Å²) in [4.78, 5) is 43.5. The van der Waals surface area contributed by atoms with Gasteiger partial charge < -0.3 is 19.4 Å². The van der Waals surface area contributed by atoms with Crippen LogP contribution in [0.1, 0.15) is 69.2 Å². The van der Waals surface area contributed by atoms with Crippen molar-refractivity contribution in [3.05, 3.63) is 52.3 Å². The number of benzene rings is 1. The van der Waals surface area contributed by atoms with Gasteiger partial charge in [0.05, 0.1) is 19.8 Å². The van der Waals surface area contributed by atoms with E-state index in [2.05, 4.69) is 4.98 Å². The summed E-state index contributed by atoms with van der Waals surface area (Å²) in [5, 5.41) is 0. The maximum Gasteiger partial charge on any atom is 0.355 e. The molecule has 0 saturated heterocycles. The van der Waals surface area contributed by atoms with Gasteiger partial charge in [-0.25, -0.2) is 4.79 Å². The summed E-state index contributed by atoms with van der Waals surface area (Å²) in [5.74, 6) is -0.195. The molecule has 1 fully saturated rings. The summed E-state index contributed by atoms with van der Waals surface area (Å²) < 4.78 is 10.2. The molecule has 1 saturated carbocycles. The lowest BCUT2D eigenvalue weighted by Crippen LogP contribution is -2.45. The summed E-state index contributed by atoms with van der Waals surface area (Å²) >= 11 is 0. The first-order chi connectivity index (χ1) is 14.3. The summed E-state index contributed by atoms with van der Waals surface area (Å²) in [6.07, 6.45) is 1.75. The third kappa shape index (κ3) is 4.10. The predicted octanol–water partition coefficient (Wildman–Crippen LogP) is 3.69. The fourth-order valence-corrected chi connectivity index (χ4v) is 3.76. The average molecular weight is 412 g/mol. The molecule has 0 unspecified atom stereocenters. The number of aryl methyl sites for hydroxylation is 1. The molecule has 1 atom stereocenters. The molecule has 7 nitrogen and oxygen atoms in total. The van der Waals surface area contributed by atoms with E-state index in [1.807, 2.05) is 0 Å². The Bertz CT molecular complexity index is 957. The second kappa shape index (κ2) is 8.73. The number of ether oxygens (including phenoxy) is 2. The first kappa shape index (κ1) is 21.6. The van der Waals surface area contributed by atoms with Gasteiger partial charge in [-0.2, -0.15) is 0 Å². The largest absolute Gasteiger partial charge is 0.497 e. The molecule has 2 aromatic rings. The van der Waals surface area contributed by atoms with Gasteiger partial charge in [-0.05, 0) is 70.4 Å². The molecule has 160 valence electrons. The number of rotatable bonds is 8. The molecular weight excluding hydrogens is 384 g/mol. The zero-order valence-corrected chi connectivity index (χ0v) is 18.1. The van der Waals surface area contributed by atoms with Crippen LogP contribution in [0.3, 0.4) is 0 Å². The summed E-state index contributed by atoms with van der Waals surface area (Å²) in [6.45, 7) is 7.21. The Morgan fingerprint density at radius 2 is 1.80 bits per heavy atom. The summed E-state index contributed by atoms with van der Waals surface area (Å²) in [5.41, 5.74) is 2.38. The zero-order valence-electron chi connectivity index (χ0n) is 18.1. The highest BCUT2D eigenvalue weighted by atomic mass is 16.5. The maximum atomic E-state index is 13.4. The number of hydrogen-bond acceptors (Lipinski definition) is 5. The van der Waals surface area contributed by atoms with E-state index in [4.69, 9.17) is 9.47 Å². The lowest BCUT2D eigenvalue weighted by molar-refractivity contribution is 0.0518. The Kier molecular flexibility index (Phi) is 6.29. The van der Waals surface area contributed by atoms with Crippen molar-refractivity contribution < 1.29 is 23.9 Å². The van der Waals surface area contributed by atoms with Crippen LogP contribution in [-0.2, 0) is 4.74 Å². The second-order valence-corrected chi connectivity index (χ2v) is 7.56. The van der Waals surface area contributed by atoms with Crippen LogP contribution in [0.15, 0.2) is 24.3 Å². The Morgan fingerprint density at radius 1 is 1.17 bits per heavy atom. The van der Waals surface area contributed by atoms with E-state index in [-0.39, 0.29) is 30.0 Å². The average Bonchev–Trinajstić information content (AvgIpc) is 3.52. The van der Waals surface area contributed by atoms with Crippen LogP contribution < -0.4 is 4.74 Å². The van der Waals surface area contributed by atoms with Crippen molar-refractivity contribution in [1.29, 1.82) is 0 Å². The number of amides is 1. The Labute approximate surface area is 176 Å². The third-order valence-electron chi connectivity index (χ3n) is 5.47. The van der Waals surface area contributed by atoms with Crippen molar-refractivity contribution >= 4 is 17.7 Å². The quantitative estimate of drug-likeness (QED) is 0.528. The topological polar surface area (TPSA) is 88.7 Å². The van der Waals surface area contributed by atoms with Crippen LogP contribution in [0, 0.1) is 13.8 Å². The monoisotopic (exact) mass is 412 g/mol. The number of methoxy groups -OCH3 is 1. The lowest BCUT2D eigenvalue weighted by atomic mass is 9.99. The van der Waals surface area contributed by atoms with Crippen LogP contribution in [0.25, 0.3) is 0 Å². The highest BCUT2D eigenvalue weighted by Crippen LogP contribution is 2.32. The SMILES string of the molecule is CCOC(=O)c1[nH]c(C)c(C(=O)[C@H](C)N(C(=O)c2ccc(OC)cc2)C2CC2)c1C. The van der Waals surface area contributed by atoms with Crippen LogP contribution in [-0.4, -0.2) is 53.3 Å². The normalized spacial score (nSPS) is 14.2. The van der Waals surface area contributed by atoms with Crippen LogP contribution in [0.4, 0.5) is 0 Å². The van der Waals surface area contributed by atoms with Gasteiger partial charge >= 0.3 is 5.97 Å². The molecule has 0 spiro atoms. The van der Waals surface area contributed by atoms with Crippen molar-refractivity contribution in [1.82, 2.24) is 9.88 Å². The molecule has 1 aromatic carbocycles. The fraction of sp³-hybridized carbons (Fsp3) is 0.435. The minimum atomic E-state index is -0.657. The van der Waals surface area contributed by atoms with Crippen LogP contribution >= 0.6 is 0 Å². The van der Waals surface area contributed by atoms with Gasteiger partial charge in [-0.1, -0.05) is 0 Å². The number of Topliss-reactive ketones (excluding diaryl/α,β-unsaturated/α-hetero) is 1. The van der Waals surface area contributed by atoms with Gasteiger partial charge in [0.2, 0.25) is 0 Å². The van der Waals surface area contributed by atoms with Crippen molar-refractivity contribution in [2.45, 2.75) is 52.6 Å². The van der Waals surface area contributed by atoms with Crippen molar-refractivity contribution in [2.24, 2.45) is 0 Å². The molecule has 1 amide bonds. The zero-order chi connectivity index (χ0) is 22.0. The highest BCUT2D eigenvalue weighted by molar-refractivity contribution is 6.07. The van der Waals surface area contributed by atoms with Gasteiger partial charge in [-0.3, -0.25) is 9.59 Å². The van der Waals surface area contributed by atoms with Gasteiger partial charge in [0, 0.05) is 22.9 Å². The maximum absolute atomic E-state index is 13.4. The standard InChI is InChI=1S/C23H28N2O5/c1-6-30-23(28)20-13(2)19(14(3)24-20)21(26)15(4)25(17-9-10-17)22(27)16-7-11-18(29-5)12-8-16/h7-8,11-12,15,17,24H,6,9-10H2,1-5H3/t15-/m0/s1. The minimum absolute atomic E-state index is 0.0441. The molecule has 1 heterocycles. The van der Waals surface area contributed by atoms with Gasteiger partial charge in [0.25, 0.3) is 5.91 Å². The summed E-state index contributed by atoms with van der Waals surface area (Å²) in [7, 11) is 1.57. The Balaban J connectivity index is 1.89. The first-order valence-corrected chi connectivity index (χ1v) is 10.2. The molecule has 0 radical (unpaired) electrons. The van der Waals surface area contributed by atoms with E-state index >= 15 is 0 Å². The fourth-order valence-electron chi connectivity index (χ4n) is 3.76. The number of H-pyrrole nitrogens is 1. The molecule has 3 rings (SSSR count). The van der Waals surface area contributed by atoms with Gasteiger partial charge in [0.15, 0.2) is 5.78 Å². The van der Waals surface area contributed by atoms with E-state index in [1.165, 1.54) is 0 Å². The molecule has 1 aliphatic rings. The number of ketones is 1. The molecule has 1 aliphatic carbocycles. The van der Waals surface area contributed by atoms with Crippen molar-refractivity contribution in [3.63, 3.8) is 0 Å². The molecule has 30 heavy (non-hydrogen) atoms. The van der Waals surface area contributed by atoms with E-state index in [0.717, 1.165) is 12.8 Å². The molecule has 0 aliphatic heterocycles. The summed E-state index contributed by atoms with van der Waals surface area (Å²) in [6, 6.07) is 6.27. The molecule has 1 N–H and O–H groups in total. The van der Waals surface area contributed by atoms with Gasteiger partial charge in [-0.15, -0.1) is 0 Å². The number of hydrogen-bond donors (Lipinski definition) is 1. The number of aromatic nitrogens is 1. The van der Waals surface area contributed by atoms with Crippen molar-refractivity contribution in [3.8, 4) is 5.75 Å². The van der Waals surface area contributed by atoms with Crippen molar-refractivity contribution in [2.75, 3.05) is 13.7 Å². The number of carbonyl (C=O) groups excluding carboxylic acids is 3. The predicted molar refractivity (Wildman–Crippen MR) is 112 cm³/mol. The van der Waals surface area contributed by atoms with E-state index in [0.29, 0.717) is 28.1 Å². The first-order valence-electron chi connectivity index (χ1n) is 10.2. The highest BCUT2D eigenvalue weighted by Gasteiger charge is 2.40. The third-order valence-corrected chi connectivity index (χ3v) is 5.47. The van der Waals surface area contributed by atoms with Crippen LogP contribution in [0.2, 0.25) is 0 Å². The second-order valence-electron chi connectivity index (χ2n) is 7.56. The van der Waals surface area contributed by atoms with Crippen LogP contribution in [0.5, 0.6) is 5.75 Å². The Morgan fingerprint density at radius 3 is 2.33 bits per heavy atom. The smallest absolute Gasteiger partial charge is 0.355 e. The van der Waals surface area contributed by atoms with Gasteiger partial charge in [0.1, 0.15) is 11.4 Å². The number of nitrogens with one attached hydrogen (secondary N) is 1. The number of carbonyl (C=O) groups is 3. The van der Waals surface area contributed by atoms with E-state index < -0.39 is 12.0 Å². The minimum Gasteiger partial charge on any atom is -0.497 e. The lowest BCUT2D eigenvalue weighted by Gasteiger charge is -2.29. The van der Waals surface area contributed by atoms with E-state index in [1.54, 1.807) is 64.0 Å². The number of esters is 1. The molecular formula is C23H28N2O5. The van der Waals surface area contributed by atoms with E-state index in [9.17, 15) is 14.4 Å².